The van der Waals surface area contributed by atoms with Crippen molar-refractivity contribution >= 4 is 47.0 Å². The van der Waals surface area contributed by atoms with Gasteiger partial charge in [-0.25, -0.2) is 9.59 Å². The van der Waals surface area contributed by atoms with E-state index in [0.29, 0.717) is 36.2 Å². The van der Waals surface area contributed by atoms with Gasteiger partial charge in [-0.15, -0.1) is 0 Å². The Morgan fingerprint density at radius 3 is 2.07 bits per heavy atom. The predicted octanol–water partition coefficient (Wildman–Crippen LogP) is 1.98. The van der Waals surface area contributed by atoms with E-state index < -0.39 is 18.2 Å². The summed E-state index contributed by atoms with van der Waals surface area (Å²) in [6, 6.07) is 4.30. The van der Waals surface area contributed by atoms with Gasteiger partial charge in [0.15, 0.2) is 0 Å². The van der Waals surface area contributed by atoms with Gasteiger partial charge in [-0.1, -0.05) is 23.2 Å². The van der Waals surface area contributed by atoms with Crippen LogP contribution in [0.2, 0.25) is 10.0 Å². The maximum Gasteiger partial charge on any atom is 0.408 e. The maximum absolute atomic E-state index is 12.9. The average molecular weight is 431 g/mol. The third kappa shape index (κ3) is 4.20. The van der Waals surface area contributed by atoms with Gasteiger partial charge in [-0.05, 0) is 18.2 Å². The second-order valence-corrected chi connectivity index (χ2v) is 7.45. The molecular formula is C17H20Cl2N4O5. The Kier molecular flexibility index (Phi) is 6.04. The molecule has 2 heterocycles. The van der Waals surface area contributed by atoms with Crippen molar-refractivity contribution in [3.63, 3.8) is 0 Å². The fourth-order valence-corrected chi connectivity index (χ4v) is 3.77. The van der Waals surface area contributed by atoms with Crippen LogP contribution in [0.25, 0.3) is 0 Å². The number of hydrogen-bond acceptors (Lipinski definition) is 4. The molecule has 2 aliphatic heterocycles. The van der Waals surface area contributed by atoms with Crippen LogP contribution in [0.4, 0.5) is 15.3 Å². The Balaban J connectivity index is 1.66. The number of amides is 3. The SMILES string of the molecule is O=C(O)N1CCN(C(=O)O)C(C(=O)N2CCN(c3ccc(Cl)c(Cl)c3)CC2)C1. The summed E-state index contributed by atoms with van der Waals surface area (Å²) in [5, 5.41) is 19.5. The Bertz CT molecular complexity index is 785. The van der Waals surface area contributed by atoms with Gasteiger partial charge in [-0.2, -0.15) is 0 Å². The first kappa shape index (κ1) is 20.3. The molecule has 3 amide bonds. The summed E-state index contributed by atoms with van der Waals surface area (Å²) in [5.74, 6) is -0.373. The second-order valence-electron chi connectivity index (χ2n) is 6.63. The van der Waals surface area contributed by atoms with Crippen LogP contribution >= 0.6 is 23.2 Å². The first-order valence-electron chi connectivity index (χ1n) is 8.74. The molecule has 2 aliphatic rings. The molecular weight excluding hydrogens is 411 g/mol. The van der Waals surface area contributed by atoms with Crippen molar-refractivity contribution in [1.29, 1.82) is 0 Å². The van der Waals surface area contributed by atoms with Gasteiger partial charge in [0.2, 0.25) is 5.91 Å². The number of anilines is 1. The lowest BCUT2D eigenvalue weighted by molar-refractivity contribution is -0.138. The van der Waals surface area contributed by atoms with Crippen molar-refractivity contribution in [2.45, 2.75) is 6.04 Å². The number of piperazine rings is 2. The van der Waals surface area contributed by atoms with Crippen molar-refractivity contribution in [3.8, 4) is 0 Å². The fraction of sp³-hybridized carbons (Fsp3) is 0.471. The molecule has 0 spiro atoms. The molecule has 0 aromatic heterocycles. The number of hydrogen-bond donors (Lipinski definition) is 2. The van der Waals surface area contributed by atoms with E-state index in [2.05, 4.69) is 4.90 Å². The Morgan fingerprint density at radius 2 is 1.50 bits per heavy atom. The molecule has 1 aromatic carbocycles. The van der Waals surface area contributed by atoms with Gasteiger partial charge in [0, 0.05) is 45.0 Å². The van der Waals surface area contributed by atoms with E-state index in [-0.39, 0.29) is 25.5 Å². The molecule has 28 heavy (non-hydrogen) atoms. The van der Waals surface area contributed by atoms with Crippen LogP contribution < -0.4 is 4.90 Å². The highest BCUT2D eigenvalue weighted by Crippen LogP contribution is 2.28. The predicted molar refractivity (Wildman–Crippen MR) is 103 cm³/mol. The minimum Gasteiger partial charge on any atom is -0.465 e. The molecule has 152 valence electrons. The molecule has 0 radical (unpaired) electrons. The number of carbonyl (C=O) groups excluding carboxylic acids is 1. The molecule has 0 aliphatic carbocycles. The smallest absolute Gasteiger partial charge is 0.408 e. The fourth-order valence-electron chi connectivity index (χ4n) is 3.47. The summed E-state index contributed by atoms with van der Waals surface area (Å²) in [5.41, 5.74) is 0.892. The standard InChI is InChI=1S/C17H20Cl2N4O5/c18-12-2-1-11(9-13(12)19)20-3-5-21(6-4-20)15(24)14-10-22(16(25)26)7-8-23(14)17(27)28/h1-2,9,14H,3-8,10H2,(H,25,26)(H,27,28). The highest BCUT2D eigenvalue weighted by molar-refractivity contribution is 6.42. The monoisotopic (exact) mass is 430 g/mol. The summed E-state index contributed by atoms with van der Waals surface area (Å²) in [4.78, 5) is 41.4. The van der Waals surface area contributed by atoms with Crippen LogP contribution in [0.5, 0.6) is 0 Å². The molecule has 0 bridgehead atoms. The Hall–Kier alpha value is -2.39. The van der Waals surface area contributed by atoms with Crippen molar-refractivity contribution < 1.29 is 24.6 Å². The topological polar surface area (TPSA) is 105 Å². The normalized spacial score (nSPS) is 20.3. The number of nitrogens with zero attached hydrogens (tertiary/aromatic N) is 4. The molecule has 9 nitrogen and oxygen atoms in total. The van der Waals surface area contributed by atoms with Crippen LogP contribution in [0, 0.1) is 0 Å². The minimum atomic E-state index is -1.22. The highest BCUT2D eigenvalue weighted by atomic mass is 35.5. The van der Waals surface area contributed by atoms with E-state index in [1.165, 1.54) is 0 Å². The van der Waals surface area contributed by atoms with E-state index >= 15 is 0 Å². The third-order valence-electron chi connectivity index (χ3n) is 5.04. The molecule has 1 unspecified atom stereocenters. The summed E-state index contributed by atoms with van der Waals surface area (Å²) in [7, 11) is 0. The highest BCUT2D eigenvalue weighted by Gasteiger charge is 2.39. The largest absolute Gasteiger partial charge is 0.465 e. The summed E-state index contributed by atoms with van der Waals surface area (Å²) < 4.78 is 0. The van der Waals surface area contributed by atoms with Crippen LogP contribution in [-0.4, -0.2) is 94.9 Å². The molecule has 11 heteroatoms. The van der Waals surface area contributed by atoms with Crippen molar-refractivity contribution in [2.24, 2.45) is 0 Å². The summed E-state index contributed by atoms with van der Waals surface area (Å²) in [6.07, 6.45) is -2.38. The number of carbonyl (C=O) groups is 3. The lowest BCUT2D eigenvalue weighted by Gasteiger charge is -2.42. The first-order chi connectivity index (χ1) is 13.3. The molecule has 2 saturated heterocycles. The number of carboxylic acid groups (broad SMARTS) is 2. The van der Waals surface area contributed by atoms with E-state index in [1.54, 1.807) is 17.0 Å². The van der Waals surface area contributed by atoms with Gasteiger partial charge in [-0.3, -0.25) is 9.69 Å². The Labute approximate surface area is 171 Å². The first-order valence-corrected chi connectivity index (χ1v) is 9.49. The minimum absolute atomic E-state index is 0.0265. The molecule has 3 rings (SSSR count). The van der Waals surface area contributed by atoms with Crippen LogP contribution in [0.1, 0.15) is 0 Å². The van der Waals surface area contributed by atoms with Gasteiger partial charge in [0.25, 0.3) is 0 Å². The molecule has 2 fully saturated rings. The number of benzene rings is 1. The van der Waals surface area contributed by atoms with Crippen molar-refractivity contribution in [1.82, 2.24) is 14.7 Å². The summed E-state index contributed by atoms with van der Waals surface area (Å²) in [6.45, 7) is 1.76. The van der Waals surface area contributed by atoms with Crippen LogP contribution in [0.15, 0.2) is 18.2 Å². The van der Waals surface area contributed by atoms with Gasteiger partial charge >= 0.3 is 12.2 Å². The number of rotatable bonds is 2. The van der Waals surface area contributed by atoms with E-state index in [0.717, 1.165) is 15.5 Å². The lowest BCUT2D eigenvalue weighted by atomic mass is 10.1. The zero-order chi connectivity index (χ0) is 20.4. The second kappa shape index (κ2) is 8.32. The van der Waals surface area contributed by atoms with Gasteiger partial charge in [0.1, 0.15) is 6.04 Å². The van der Waals surface area contributed by atoms with E-state index in [9.17, 15) is 24.6 Å². The maximum atomic E-state index is 12.9. The van der Waals surface area contributed by atoms with Crippen molar-refractivity contribution in [2.75, 3.05) is 50.7 Å². The van der Waals surface area contributed by atoms with Gasteiger partial charge in [0.05, 0.1) is 16.6 Å². The van der Waals surface area contributed by atoms with Crippen LogP contribution in [0.3, 0.4) is 0 Å². The summed E-state index contributed by atoms with van der Waals surface area (Å²) >= 11 is 12.0. The molecule has 2 N–H and O–H groups in total. The lowest BCUT2D eigenvalue weighted by Crippen LogP contribution is -2.63. The van der Waals surface area contributed by atoms with E-state index in [1.807, 2.05) is 6.07 Å². The zero-order valence-electron chi connectivity index (χ0n) is 14.9. The molecule has 0 saturated carbocycles. The Morgan fingerprint density at radius 1 is 0.857 bits per heavy atom. The van der Waals surface area contributed by atoms with Crippen LogP contribution in [-0.2, 0) is 4.79 Å². The average Bonchev–Trinajstić information content (AvgIpc) is 2.69. The third-order valence-corrected chi connectivity index (χ3v) is 5.78. The number of halogens is 2. The van der Waals surface area contributed by atoms with E-state index in [4.69, 9.17) is 23.2 Å². The molecule has 1 aromatic rings. The quantitative estimate of drug-likeness (QED) is 0.742. The zero-order valence-corrected chi connectivity index (χ0v) is 16.4. The van der Waals surface area contributed by atoms with Gasteiger partial charge < -0.3 is 24.9 Å². The molecule has 1 atom stereocenters. The van der Waals surface area contributed by atoms with Crippen molar-refractivity contribution in [3.05, 3.63) is 28.2 Å².